The van der Waals surface area contributed by atoms with Crippen LogP contribution in [0.15, 0.2) is 72.8 Å². The summed E-state index contributed by atoms with van der Waals surface area (Å²) in [6.07, 6.45) is 1.86. The number of carbonyl (C=O) groups excluding carboxylic acids is 2. The zero-order valence-corrected chi connectivity index (χ0v) is 24.1. The van der Waals surface area contributed by atoms with Crippen LogP contribution in [0.1, 0.15) is 42.1 Å². The van der Waals surface area contributed by atoms with Crippen molar-refractivity contribution in [2.75, 3.05) is 38.1 Å². The average molecular weight is 573 g/mol. The molecule has 9 heteroatoms. The van der Waals surface area contributed by atoms with Crippen LogP contribution in [0.3, 0.4) is 0 Å². The first-order chi connectivity index (χ1) is 20.5. The lowest BCUT2D eigenvalue weighted by Crippen LogP contribution is -2.45. The van der Waals surface area contributed by atoms with Crippen molar-refractivity contribution in [3.05, 3.63) is 83.9 Å². The highest BCUT2D eigenvalue weighted by molar-refractivity contribution is 6.02. The van der Waals surface area contributed by atoms with Crippen LogP contribution in [-0.2, 0) is 11.3 Å². The second-order valence-electron chi connectivity index (χ2n) is 10.9. The number of hydrogen-bond donors (Lipinski definition) is 4. The highest BCUT2D eigenvalue weighted by Gasteiger charge is 2.31. The Hall–Kier alpha value is -3.92. The molecule has 3 aromatic rings. The van der Waals surface area contributed by atoms with Crippen molar-refractivity contribution in [2.45, 2.75) is 44.9 Å². The Kier molecular flexibility index (Phi) is 10.1. The molecule has 2 heterocycles. The number of nitrogens with zero attached hydrogens (tertiary/aromatic N) is 1. The maximum Gasteiger partial charge on any atom is 0.258 e. The molecule has 1 saturated heterocycles. The summed E-state index contributed by atoms with van der Waals surface area (Å²) in [6.45, 7) is 4.93. The summed E-state index contributed by atoms with van der Waals surface area (Å²) in [6, 6.07) is 22.5. The summed E-state index contributed by atoms with van der Waals surface area (Å²) in [7, 11) is 0. The number of aliphatic hydroxyl groups is 1. The van der Waals surface area contributed by atoms with E-state index in [2.05, 4.69) is 16.0 Å². The van der Waals surface area contributed by atoms with E-state index in [0.717, 1.165) is 43.0 Å². The number of aliphatic hydroxyl groups excluding tert-OH is 1. The van der Waals surface area contributed by atoms with E-state index in [1.54, 1.807) is 23.1 Å². The molecular formula is C33H40N4O5. The fraction of sp³-hybridized carbons (Fsp3) is 0.394. The molecule has 2 amide bonds. The molecule has 3 aromatic carbocycles. The predicted molar refractivity (Wildman–Crippen MR) is 162 cm³/mol. The number of rotatable bonds is 10. The van der Waals surface area contributed by atoms with Gasteiger partial charge in [-0.1, -0.05) is 36.4 Å². The summed E-state index contributed by atoms with van der Waals surface area (Å²) in [5.41, 5.74) is 1.99. The van der Waals surface area contributed by atoms with E-state index in [9.17, 15) is 14.7 Å². The molecule has 9 nitrogen and oxygen atoms in total. The van der Waals surface area contributed by atoms with Gasteiger partial charge in [0.1, 0.15) is 17.6 Å². The van der Waals surface area contributed by atoms with Crippen LogP contribution >= 0.6 is 0 Å². The Morgan fingerprint density at radius 3 is 2.50 bits per heavy atom. The summed E-state index contributed by atoms with van der Waals surface area (Å²) in [5, 5.41) is 19.7. The van der Waals surface area contributed by atoms with Gasteiger partial charge in [-0.25, -0.2) is 0 Å². The molecule has 42 heavy (non-hydrogen) atoms. The van der Waals surface area contributed by atoms with Gasteiger partial charge in [0.25, 0.3) is 5.91 Å². The molecule has 2 aliphatic heterocycles. The van der Waals surface area contributed by atoms with Crippen molar-refractivity contribution in [1.82, 2.24) is 15.5 Å². The van der Waals surface area contributed by atoms with Crippen molar-refractivity contribution in [2.24, 2.45) is 5.92 Å². The lowest BCUT2D eigenvalue weighted by atomic mass is 9.97. The van der Waals surface area contributed by atoms with Crippen LogP contribution in [0.5, 0.6) is 17.2 Å². The molecule has 0 unspecified atom stereocenters. The van der Waals surface area contributed by atoms with Crippen LogP contribution in [0.2, 0.25) is 0 Å². The van der Waals surface area contributed by atoms with Crippen molar-refractivity contribution in [1.29, 1.82) is 0 Å². The standard InChI is InChI=1S/C33H40N4O5/c1-23(22-38)37-19-16-28(21-35-20-24-10-12-27(13-11-24)41-26-6-3-2-4-7-26)42-31-29(33(37)40)8-5-9-30(31)36-32(39)25-14-17-34-18-15-25/h2-13,23,25,28,34-35,38H,14-22H2,1H3,(H,36,39)/t23-,28+/m0/s1. The summed E-state index contributed by atoms with van der Waals surface area (Å²) < 4.78 is 12.4. The van der Waals surface area contributed by atoms with Gasteiger partial charge in [-0.3, -0.25) is 9.59 Å². The van der Waals surface area contributed by atoms with Crippen LogP contribution < -0.4 is 25.4 Å². The lowest BCUT2D eigenvalue weighted by Gasteiger charge is -2.34. The molecule has 0 bridgehead atoms. The number of amides is 2. The molecule has 0 saturated carbocycles. The van der Waals surface area contributed by atoms with Gasteiger partial charge in [0.2, 0.25) is 5.91 Å². The van der Waals surface area contributed by atoms with E-state index in [4.69, 9.17) is 9.47 Å². The maximum absolute atomic E-state index is 13.6. The Morgan fingerprint density at radius 2 is 1.76 bits per heavy atom. The third kappa shape index (κ3) is 7.47. The number of anilines is 1. The van der Waals surface area contributed by atoms with Crippen molar-refractivity contribution in [3.63, 3.8) is 0 Å². The van der Waals surface area contributed by atoms with Gasteiger partial charge < -0.3 is 35.4 Å². The molecule has 222 valence electrons. The van der Waals surface area contributed by atoms with Gasteiger partial charge in [-0.2, -0.15) is 0 Å². The van der Waals surface area contributed by atoms with Gasteiger partial charge in [-0.15, -0.1) is 0 Å². The second-order valence-corrected chi connectivity index (χ2v) is 10.9. The number of para-hydroxylation sites is 2. The van der Waals surface area contributed by atoms with Gasteiger partial charge in [-0.05, 0) is 74.8 Å². The molecular weight excluding hydrogens is 532 g/mol. The molecule has 5 rings (SSSR count). The average Bonchev–Trinajstić information content (AvgIpc) is 3.02. The van der Waals surface area contributed by atoms with E-state index in [1.165, 1.54) is 0 Å². The number of hydrogen-bond acceptors (Lipinski definition) is 7. The van der Waals surface area contributed by atoms with Crippen molar-refractivity contribution >= 4 is 17.5 Å². The lowest BCUT2D eigenvalue weighted by molar-refractivity contribution is -0.120. The quantitative estimate of drug-likeness (QED) is 0.288. The minimum atomic E-state index is -0.346. The van der Waals surface area contributed by atoms with Crippen LogP contribution in [-0.4, -0.2) is 66.8 Å². The first kappa shape index (κ1) is 29.6. The Morgan fingerprint density at radius 1 is 1.02 bits per heavy atom. The van der Waals surface area contributed by atoms with Crippen LogP contribution in [0.4, 0.5) is 5.69 Å². The topological polar surface area (TPSA) is 112 Å². The minimum Gasteiger partial charge on any atom is -0.486 e. The zero-order chi connectivity index (χ0) is 29.3. The molecule has 2 aliphatic rings. The normalized spacial score (nSPS) is 18.3. The molecule has 0 spiro atoms. The van der Waals surface area contributed by atoms with Gasteiger partial charge in [0, 0.05) is 32.0 Å². The van der Waals surface area contributed by atoms with Crippen molar-refractivity contribution < 1.29 is 24.2 Å². The fourth-order valence-electron chi connectivity index (χ4n) is 5.35. The predicted octanol–water partition coefficient (Wildman–Crippen LogP) is 4.18. The van der Waals surface area contributed by atoms with Crippen LogP contribution in [0.25, 0.3) is 0 Å². The first-order valence-electron chi connectivity index (χ1n) is 14.8. The maximum atomic E-state index is 13.6. The largest absolute Gasteiger partial charge is 0.486 e. The summed E-state index contributed by atoms with van der Waals surface area (Å²) in [4.78, 5) is 28.4. The summed E-state index contributed by atoms with van der Waals surface area (Å²) in [5.74, 6) is 1.59. The Bertz CT molecular complexity index is 1330. The van der Waals surface area contributed by atoms with Crippen LogP contribution in [0, 0.1) is 5.92 Å². The molecule has 2 atom stereocenters. The van der Waals surface area contributed by atoms with E-state index >= 15 is 0 Å². The number of ether oxygens (including phenoxy) is 2. The fourth-order valence-corrected chi connectivity index (χ4v) is 5.35. The monoisotopic (exact) mass is 572 g/mol. The SMILES string of the molecule is C[C@@H](CO)N1CC[C@H](CNCc2ccc(Oc3ccccc3)cc2)Oc2c(NC(=O)C3CCNCC3)cccc2C1=O. The first-order valence-corrected chi connectivity index (χ1v) is 14.8. The molecule has 0 aliphatic carbocycles. The highest BCUT2D eigenvalue weighted by atomic mass is 16.5. The Labute approximate surface area is 247 Å². The van der Waals surface area contributed by atoms with Gasteiger partial charge in [0.05, 0.1) is 23.9 Å². The van der Waals surface area contributed by atoms with E-state index in [0.29, 0.717) is 43.1 Å². The third-order valence-corrected chi connectivity index (χ3v) is 7.85. The third-order valence-electron chi connectivity index (χ3n) is 7.85. The molecule has 0 radical (unpaired) electrons. The molecule has 4 N–H and O–H groups in total. The number of benzene rings is 3. The van der Waals surface area contributed by atoms with E-state index in [1.807, 2.05) is 61.5 Å². The molecule has 0 aromatic heterocycles. The number of nitrogens with one attached hydrogen (secondary N) is 3. The summed E-state index contributed by atoms with van der Waals surface area (Å²) >= 11 is 0. The van der Waals surface area contributed by atoms with Crippen molar-refractivity contribution in [3.8, 4) is 17.2 Å². The molecule has 1 fully saturated rings. The number of carbonyl (C=O) groups is 2. The van der Waals surface area contributed by atoms with Gasteiger partial charge in [0.15, 0.2) is 5.75 Å². The Balaban J connectivity index is 1.28. The van der Waals surface area contributed by atoms with Gasteiger partial charge >= 0.3 is 0 Å². The van der Waals surface area contributed by atoms with E-state index in [-0.39, 0.29) is 36.5 Å². The smallest absolute Gasteiger partial charge is 0.258 e. The number of piperidine rings is 1. The second kappa shape index (κ2) is 14.3. The minimum absolute atomic E-state index is 0.0574. The highest BCUT2D eigenvalue weighted by Crippen LogP contribution is 2.34. The van der Waals surface area contributed by atoms with E-state index < -0.39 is 0 Å². The number of fused-ring (bicyclic) bond motifs is 1. The zero-order valence-electron chi connectivity index (χ0n) is 24.1.